The van der Waals surface area contributed by atoms with Gasteiger partial charge in [-0.3, -0.25) is 9.48 Å². The molecule has 1 saturated carbocycles. The number of carbonyl (C=O) groups excluding carboxylic acids is 1. The maximum Gasteiger partial charge on any atom is 0.226 e. The first-order valence-electron chi connectivity index (χ1n) is 10.3. The molecular formula is C22H29N3O3. The van der Waals surface area contributed by atoms with Crippen LogP contribution in [0.4, 0.5) is 0 Å². The molecule has 6 heteroatoms. The molecule has 4 rings (SSSR count). The van der Waals surface area contributed by atoms with Crippen molar-refractivity contribution in [2.75, 3.05) is 20.8 Å². The zero-order valence-corrected chi connectivity index (χ0v) is 16.8. The fourth-order valence-electron chi connectivity index (χ4n) is 4.39. The Morgan fingerprint density at radius 2 is 1.79 bits per heavy atom. The molecule has 0 saturated heterocycles. The molecule has 28 heavy (non-hydrogen) atoms. The third kappa shape index (κ3) is 3.73. The van der Waals surface area contributed by atoms with E-state index in [0.717, 1.165) is 49.3 Å². The maximum atomic E-state index is 13.0. The molecule has 0 spiro atoms. The molecule has 2 heterocycles. The van der Waals surface area contributed by atoms with Gasteiger partial charge in [0.2, 0.25) is 5.91 Å². The van der Waals surface area contributed by atoms with Crippen LogP contribution in [0.3, 0.4) is 0 Å². The van der Waals surface area contributed by atoms with Crippen molar-refractivity contribution < 1.29 is 14.3 Å². The molecule has 0 unspecified atom stereocenters. The molecule has 150 valence electrons. The maximum absolute atomic E-state index is 13.0. The molecule has 1 aromatic heterocycles. The molecule has 0 radical (unpaired) electrons. The summed E-state index contributed by atoms with van der Waals surface area (Å²) in [4.78, 5) is 15.1. The van der Waals surface area contributed by atoms with E-state index in [1.54, 1.807) is 14.2 Å². The van der Waals surface area contributed by atoms with E-state index >= 15 is 0 Å². The van der Waals surface area contributed by atoms with Gasteiger partial charge < -0.3 is 14.4 Å². The van der Waals surface area contributed by atoms with Gasteiger partial charge in [0, 0.05) is 24.6 Å². The average Bonchev–Trinajstić information content (AvgIpc) is 3.04. The SMILES string of the molecule is COc1ccc(-c2cc3n(n2)CCCN(C(=O)C2CCCCC2)C3)cc1OC. The quantitative estimate of drug-likeness (QED) is 0.804. The number of hydrogen-bond donors (Lipinski definition) is 0. The predicted molar refractivity (Wildman–Crippen MR) is 107 cm³/mol. The molecule has 2 aromatic rings. The first-order valence-corrected chi connectivity index (χ1v) is 10.3. The van der Waals surface area contributed by atoms with Gasteiger partial charge in [0.15, 0.2) is 11.5 Å². The molecule has 0 bridgehead atoms. The lowest BCUT2D eigenvalue weighted by Crippen LogP contribution is -2.36. The third-order valence-corrected chi connectivity index (χ3v) is 5.96. The Labute approximate surface area is 166 Å². The van der Waals surface area contributed by atoms with Crippen molar-refractivity contribution in [1.29, 1.82) is 0 Å². The highest BCUT2D eigenvalue weighted by Crippen LogP contribution is 2.33. The van der Waals surface area contributed by atoms with Crippen LogP contribution in [-0.4, -0.2) is 41.4 Å². The van der Waals surface area contributed by atoms with Crippen molar-refractivity contribution in [2.24, 2.45) is 5.92 Å². The molecule has 1 fully saturated rings. The smallest absolute Gasteiger partial charge is 0.226 e. The van der Waals surface area contributed by atoms with Crippen LogP contribution in [0, 0.1) is 5.92 Å². The van der Waals surface area contributed by atoms with Gasteiger partial charge in [0.1, 0.15) is 0 Å². The summed E-state index contributed by atoms with van der Waals surface area (Å²) in [6.07, 6.45) is 6.68. The Kier molecular flexibility index (Phi) is 5.55. The number of rotatable bonds is 4. The number of methoxy groups -OCH3 is 2. The normalized spacial score (nSPS) is 17.7. The van der Waals surface area contributed by atoms with E-state index in [4.69, 9.17) is 14.6 Å². The Bertz CT molecular complexity index is 840. The topological polar surface area (TPSA) is 56.6 Å². The van der Waals surface area contributed by atoms with Crippen LogP contribution in [0.2, 0.25) is 0 Å². The predicted octanol–water partition coefficient (Wildman–Crippen LogP) is 3.88. The van der Waals surface area contributed by atoms with Gasteiger partial charge in [0.05, 0.1) is 32.2 Å². The van der Waals surface area contributed by atoms with Crippen molar-refractivity contribution in [2.45, 2.75) is 51.6 Å². The van der Waals surface area contributed by atoms with E-state index in [0.29, 0.717) is 24.0 Å². The number of hydrogen-bond acceptors (Lipinski definition) is 4. The molecule has 6 nitrogen and oxygen atoms in total. The van der Waals surface area contributed by atoms with Crippen LogP contribution >= 0.6 is 0 Å². The van der Waals surface area contributed by atoms with Gasteiger partial charge >= 0.3 is 0 Å². The minimum Gasteiger partial charge on any atom is -0.493 e. The summed E-state index contributed by atoms with van der Waals surface area (Å²) in [6, 6.07) is 7.95. The lowest BCUT2D eigenvalue weighted by Gasteiger charge is -2.28. The fraction of sp³-hybridized carbons (Fsp3) is 0.545. The molecule has 1 aliphatic carbocycles. The number of benzene rings is 1. The number of nitrogens with zero attached hydrogens (tertiary/aromatic N) is 3. The van der Waals surface area contributed by atoms with Crippen LogP contribution in [0.5, 0.6) is 11.5 Å². The van der Waals surface area contributed by atoms with Gasteiger partial charge in [-0.15, -0.1) is 0 Å². The molecule has 1 aliphatic heterocycles. The minimum absolute atomic E-state index is 0.216. The van der Waals surface area contributed by atoms with E-state index in [9.17, 15) is 4.79 Å². The monoisotopic (exact) mass is 383 g/mol. The Morgan fingerprint density at radius 3 is 2.54 bits per heavy atom. The molecule has 1 aromatic carbocycles. The summed E-state index contributed by atoms with van der Waals surface area (Å²) in [7, 11) is 3.27. The van der Waals surface area contributed by atoms with Gasteiger partial charge in [-0.1, -0.05) is 19.3 Å². The average molecular weight is 383 g/mol. The van der Waals surface area contributed by atoms with Crippen molar-refractivity contribution in [1.82, 2.24) is 14.7 Å². The standard InChI is InChI=1S/C22H29N3O3/c1-27-20-10-9-17(13-21(20)28-2)19-14-18-15-24(11-6-12-25(18)23-19)22(26)16-7-4-3-5-8-16/h9-10,13-14,16H,3-8,11-12,15H2,1-2H3. The second-order valence-electron chi connectivity index (χ2n) is 7.76. The number of carbonyl (C=O) groups is 1. The van der Waals surface area contributed by atoms with Gasteiger partial charge in [-0.25, -0.2) is 0 Å². The molecule has 1 amide bonds. The third-order valence-electron chi connectivity index (χ3n) is 5.96. The summed E-state index contributed by atoms with van der Waals surface area (Å²) < 4.78 is 12.8. The van der Waals surface area contributed by atoms with Gasteiger partial charge in [-0.05, 0) is 43.5 Å². The number of ether oxygens (including phenoxy) is 2. The van der Waals surface area contributed by atoms with Crippen LogP contribution < -0.4 is 9.47 Å². The first-order chi connectivity index (χ1) is 13.7. The zero-order chi connectivity index (χ0) is 19.5. The van der Waals surface area contributed by atoms with Crippen LogP contribution in [0.1, 0.15) is 44.2 Å². The van der Waals surface area contributed by atoms with Crippen molar-refractivity contribution in [3.63, 3.8) is 0 Å². The van der Waals surface area contributed by atoms with E-state index in [-0.39, 0.29) is 5.92 Å². The molecule has 0 N–H and O–H groups in total. The van der Waals surface area contributed by atoms with Crippen molar-refractivity contribution in [3.05, 3.63) is 30.0 Å². The zero-order valence-electron chi connectivity index (χ0n) is 16.8. The number of fused-ring (bicyclic) bond motifs is 1. The molecule has 2 aliphatic rings. The van der Waals surface area contributed by atoms with Gasteiger partial charge in [0.25, 0.3) is 0 Å². The highest BCUT2D eigenvalue weighted by atomic mass is 16.5. The van der Waals surface area contributed by atoms with E-state index < -0.39 is 0 Å². The second-order valence-corrected chi connectivity index (χ2v) is 7.76. The van der Waals surface area contributed by atoms with E-state index in [1.807, 2.05) is 18.2 Å². The Hall–Kier alpha value is -2.50. The Balaban J connectivity index is 1.55. The summed E-state index contributed by atoms with van der Waals surface area (Å²) >= 11 is 0. The summed E-state index contributed by atoms with van der Waals surface area (Å²) in [5.74, 6) is 1.95. The summed E-state index contributed by atoms with van der Waals surface area (Å²) in [5.41, 5.74) is 3.00. The van der Waals surface area contributed by atoms with Gasteiger partial charge in [-0.2, -0.15) is 5.10 Å². The fourth-order valence-corrected chi connectivity index (χ4v) is 4.39. The van der Waals surface area contributed by atoms with E-state index in [2.05, 4.69) is 15.6 Å². The Morgan fingerprint density at radius 1 is 1.00 bits per heavy atom. The summed E-state index contributed by atoms with van der Waals surface area (Å²) in [6.45, 7) is 2.32. The van der Waals surface area contributed by atoms with Crippen LogP contribution in [0.25, 0.3) is 11.3 Å². The van der Waals surface area contributed by atoms with Crippen LogP contribution in [-0.2, 0) is 17.9 Å². The first kappa shape index (κ1) is 18.8. The van der Waals surface area contributed by atoms with Crippen LogP contribution in [0.15, 0.2) is 24.3 Å². The summed E-state index contributed by atoms with van der Waals surface area (Å²) in [5, 5.41) is 4.80. The lowest BCUT2D eigenvalue weighted by molar-refractivity contribution is -0.137. The second kappa shape index (κ2) is 8.25. The van der Waals surface area contributed by atoms with E-state index in [1.165, 1.54) is 19.3 Å². The number of aromatic nitrogens is 2. The highest BCUT2D eigenvalue weighted by Gasteiger charge is 2.28. The largest absolute Gasteiger partial charge is 0.493 e. The minimum atomic E-state index is 0.216. The molecule has 0 atom stereocenters. The van der Waals surface area contributed by atoms with Crippen molar-refractivity contribution in [3.8, 4) is 22.8 Å². The van der Waals surface area contributed by atoms with Crippen molar-refractivity contribution >= 4 is 5.91 Å². The number of aryl methyl sites for hydroxylation is 1. The molecular weight excluding hydrogens is 354 g/mol. The highest BCUT2D eigenvalue weighted by molar-refractivity contribution is 5.79. The lowest BCUT2D eigenvalue weighted by atomic mass is 9.88. The number of amides is 1.